The normalized spacial score (nSPS) is 29.8. The minimum atomic E-state index is -4.08. The first-order chi connectivity index (χ1) is 19.4. The van der Waals surface area contributed by atoms with Crippen LogP contribution >= 0.6 is 19.4 Å². The molecule has 0 bridgehead atoms. The number of halogens is 2. The third-order valence-corrected chi connectivity index (χ3v) is 8.40. The summed E-state index contributed by atoms with van der Waals surface area (Å²) in [6.45, 7) is 0.833. The van der Waals surface area contributed by atoms with E-state index in [2.05, 4.69) is 10.3 Å². The van der Waals surface area contributed by atoms with Crippen molar-refractivity contribution in [1.82, 2.24) is 9.55 Å². The van der Waals surface area contributed by atoms with E-state index in [-0.39, 0.29) is 18.0 Å². The lowest BCUT2D eigenvalue weighted by Gasteiger charge is -2.30. The second-order valence-corrected chi connectivity index (χ2v) is 11.7. The Balaban J connectivity index is 1.25. The van der Waals surface area contributed by atoms with E-state index in [1.807, 2.05) is 0 Å². The average molecular weight is 610 g/mol. The summed E-state index contributed by atoms with van der Waals surface area (Å²) < 4.78 is 49.3. The highest BCUT2D eigenvalue weighted by molar-refractivity contribution is 7.48. The summed E-state index contributed by atoms with van der Waals surface area (Å²) >= 11 is 6.05. The highest BCUT2D eigenvalue weighted by atomic mass is 35.5. The maximum Gasteiger partial charge on any atom is 0.475 e. The van der Waals surface area contributed by atoms with Crippen LogP contribution in [0.2, 0.25) is 5.02 Å². The first-order valence-corrected chi connectivity index (χ1v) is 14.3. The molecule has 2 fully saturated rings. The van der Waals surface area contributed by atoms with E-state index in [1.54, 1.807) is 24.3 Å². The van der Waals surface area contributed by atoms with Crippen molar-refractivity contribution in [3.05, 3.63) is 93.2 Å². The van der Waals surface area contributed by atoms with Gasteiger partial charge < -0.3 is 20.3 Å². The molecule has 2 aliphatic rings. The van der Waals surface area contributed by atoms with Gasteiger partial charge in [0.2, 0.25) is 0 Å². The minimum Gasteiger partial charge on any atom is -0.387 e. The Labute approximate surface area is 238 Å². The molecule has 1 unspecified atom stereocenters. The molecule has 0 spiro atoms. The van der Waals surface area contributed by atoms with Gasteiger partial charge in [-0.3, -0.25) is 22.9 Å². The number of benzene rings is 2. The molecule has 1 aromatic heterocycles. The highest BCUT2D eigenvalue weighted by Crippen LogP contribution is 2.57. The van der Waals surface area contributed by atoms with Crippen molar-refractivity contribution < 1.29 is 42.3 Å². The summed E-state index contributed by atoms with van der Waals surface area (Å²) in [6.07, 6.45) is -3.20. The lowest BCUT2D eigenvalue weighted by molar-refractivity contribution is -0.0989. The Morgan fingerprint density at radius 2 is 2.05 bits per heavy atom. The fraction of sp³-hybridized carbons (Fsp3) is 0.346. The Bertz CT molecular complexity index is 1540. The zero-order valence-corrected chi connectivity index (χ0v) is 23.2. The monoisotopic (exact) mass is 609 g/mol. The molecule has 3 N–H and O–H groups in total. The van der Waals surface area contributed by atoms with E-state index >= 15 is 0 Å². The number of aliphatic hydroxyl groups excluding tert-OH is 1. The molecule has 0 saturated carbocycles. The predicted molar refractivity (Wildman–Crippen MR) is 143 cm³/mol. The molecular weight excluding hydrogens is 584 g/mol. The summed E-state index contributed by atoms with van der Waals surface area (Å²) in [5, 5.41) is 24.7. The zero-order valence-electron chi connectivity index (χ0n) is 21.6. The largest absolute Gasteiger partial charge is 0.475 e. The number of hydrogen-bond acceptors (Lipinski definition) is 10. The third kappa shape index (κ3) is 6.42. The van der Waals surface area contributed by atoms with Gasteiger partial charge >= 0.3 is 13.5 Å². The average Bonchev–Trinajstić information content (AvgIpc) is 3.16. The van der Waals surface area contributed by atoms with E-state index in [4.69, 9.17) is 29.9 Å². The number of rotatable bonds is 7. The topological polar surface area (TPSA) is 158 Å². The predicted octanol–water partition coefficient (Wildman–Crippen LogP) is 3.60. The third-order valence-electron chi connectivity index (χ3n) is 6.69. The number of nitrogens with zero attached hydrogens (tertiary/aromatic N) is 2. The van der Waals surface area contributed by atoms with Crippen molar-refractivity contribution in [1.29, 1.82) is 0 Å². The molecule has 1 amide bonds. The van der Waals surface area contributed by atoms with Gasteiger partial charge in [0.15, 0.2) is 6.23 Å². The van der Waals surface area contributed by atoms with Gasteiger partial charge in [-0.15, -0.1) is 0 Å². The number of amides is 1. The van der Waals surface area contributed by atoms with Crippen LogP contribution in [0.15, 0.2) is 65.6 Å². The molecule has 218 valence electrons. The molecule has 3 aromatic rings. The van der Waals surface area contributed by atoms with E-state index in [9.17, 15) is 28.8 Å². The van der Waals surface area contributed by atoms with Gasteiger partial charge in [-0.05, 0) is 55.0 Å². The van der Waals surface area contributed by atoms with Crippen LogP contribution in [0.25, 0.3) is 0 Å². The molecular formula is C26H26ClFN3O9P. The Morgan fingerprint density at radius 1 is 1.29 bits per heavy atom. The molecule has 15 heteroatoms. The lowest BCUT2D eigenvalue weighted by Crippen LogP contribution is -2.46. The maximum absolute atomic E-state index is 13.2. The second kappa shape index (κ2) is 11.7. The molecule has 12 nitrogen and oxygen atoms in total. The van der Waals surface area contributed by atoms with Crippen LogP contribution in [0.5, 0.6) is 0 Å². The van der Waals surface area contributed by atoms with Crippen molar-refractivity contribution in [2.75, 3.05) is 18.5 Å². The Kier molecular flexibility index (Phi) is 8.42. The first-order valence-electron chi connectivity index (χ1n) is 12.5. The van der Waals surface area contributed by atoms with Crippen molar-refractivity contribution in [2.24, 2.45) is 0 Å². The Hall–Kier alpha value is -3.00. The number of phosphoric ester groups is 1. The van der Waals surface area contributed by atoms with Crippen LogP contribution in [0, 0.1) is 5.82 Å². The Morgan fingerprint density at radius 3 is 2.76 bits per heavy atom. The SMILES string of the molecule is C[C@@]1(O)[C@H](O)[C@@H](COP2(=O)OCC[C@@H](c3cccc(Cl)c3)O2)O[C@H]1n1ccc(NC(=O)c2ccc(F)cc2)nc1=O. The van der Waals surface area contributed by atoms with E-state index < -0.39 is 62.0 Å². The quantitative estimate of drug-likeness (QED) is 0.338. The summed E-state index contributed by atoms with van der Waals surface area (Å²) in [4.78, 5) is 29.0. The number of carbonyl (C=O) groups excluding carboxylic acids is 1. The maximum atomic E-state index is 13.2. The summed E-state index contributed by atoms with van der Waals surface area (Å²) in [6, 6.07) is 12.9. The molecule has 0 radical (unpaired) electrons. The van der Waals surface area contributed by atoms with Gasteiger partial charge in [0.25, 0.3) is 5.91 Å². The van der Waals surface area contributed by atoms with Gasteiger partial charge in [0.05, 0.1) is 19.3 Å². The zero-order chi connectivity index (χ0) is 29.4. The second-order valence-electron chi connectivity index (χ2n) is 9.68. The molecule has 2 aromatic carbocycles. The molecule has 0 aliphatic carbocycles. The van der Waals surface area contributed by atoms with Crippen molar-refractivity contribution in [3.8, 4) is 0 Å². The minimum absolute atomic E-state index is 0.0774. The molecule has 6 atom stereocenters. The molecule has 41 heavy (non-hydrogen) atoms. The number of anilines is 1. The molecule has 2 saturated heterocycles. The van der Waals surface area contributed by atoms with Gasteiger partial charge in [-0.25, -0.2) is 13.8 Å². The van der Waals surface area contributed by atoms with Crippen LogP contribution < -0.4 is 11.0 Å². The van der Waals surface area contributed by atoms with Crippen LogP contribution in [0.3, 0.4) is 0 Å². The van der Waals surface area contributed by atoms with E-state index in [0.717, 1.165) is 16.7 Å². The van der Waals surface area contributed by atoms with Gasteiger partial charge in [-0.1, -0.05) is 23.7 Å². The molecule has 5 rings (SSSR count). The number of aromatic nitrogens is 2. The van der Waals surface area contributed by atoms with Crippen LogP contribution in [-0.2, 0) is 22.9 Å². The number of nitrogens with one attached hydrogen (secondary N) is 1. The van der Waals surface area contributed by atoms with Gasteiger partial charge in [-0.2, -0.15) is 4.98 Å². The number of aliphatic hydroxyl groups is 2. The standard InChI is InChI=1S/C26H26ClFN3O9P/c1-26(35)22(32)20(14-38-41(36)37-12-10-19(40-41)16-3-2-4-17(27)13-16)39-24(26)31-11-9-21(30-25(31)34)29-23(33)15-5-7-18(28)8-6-15/h2-9,11,13,19-20,22,24,32,35H,10,12,14H2,1H3,(H,29,30,33,34)/t19-,20+,22+,24+,26+,41?/m0/s1. The summed E-state index contributed by atoms with van der Waals surface area (Å²) in [5.74, 6) is -1.23. The first kappa shape index (κ1) is 29.5. The summed E-state index contributed by atoms with van der Waals surface area (Å²) in [7, 11) is -4.08. The summed E-state index contributed by atoms with van der Waals surface area (Å²) in [5.41, 5.74) is -2.06. The fourth-order valence-electron chi connectivity index (χ4n) is 4.51. The van der Waals surface area contributed by atoms with Crippen LogP contribution in [0.1, 0.15) is 41.6 Å². The number of hydrogen-bond donors (Lipinski definition) is 3. The van der Waals surface area contributed by atoms with E-state index in [1.165, 1.54) is 31.3 Å². The lowest BCUT2D eigenvalue weighted by atomic mass is 9.96. The van der Waals surface area contributed by atoms with Crippen LogP contribution in [-0.4, -0.2) is 56.7 Å². The van der Waals surface area contributed by atoms with Crippen LogP contribution in [0.4, 0.5) is 10.2 Å². The number of phosphoric acid groups is 1. The number of ether oxygens (including phenoxy) is 1. The molecule has 2 aliphatic heterocycles. The smallest absolute Gasteiger partial charge is 0.387 e. The van der Waals surface area contributed by atoms with Gasteiger partial charge in [0.1, 0.15) is 29.4 Å². The van der Waals surface area contributed by atoms with Gasteiger partial charge in [0, 0.05) is 23.2 Å². The van der Waals surface area contributed by atoms with E-state index in [0.29, 0.717) is 17.0 Å². The molecule has 3 heterocycles. The highest BCUT2D eigenvalue weighted by Gasteiger charge is 2.54. The van der Waals surface area contributed by atoms with Crippen molar-refractivity contribution >= 4 is 31.1 Å². The van der Waals surface area contributed by atoms with Crippen molar-refractivity contribution in [3.63, 3.8) is 0 Å². The van der Waals surface area contributed by atoms with Crippen molar-refractivity contribution in [2.45, 2.75) is 43.5 Å². The fourth-order valence-corrected chi connectivity index (χ4v) is 6.10. The number of carbonyl (C=O) groups is 1.